The van der Waals surface area contributed by atoms with Gasteiger partial charge in [0, 0.05) is 29.5 Å². The van der Waals surface area contributed by atoms with E-state index < -0.39 is 16.1 Å². The first kappa shape index (κ1) is 24.5. The van der Waals surface area contributed by atoms with Crippen LogP contribution in [0.2, 0.25) is 0 Å². The van der Waals surface area contributed by atoms with Crippen LogP contribution >= 0.6 is 11.3 Å². The molecule has 1 atom stereocenters. The Morgan fingerprint density at radius 2 is 1.92 bits per heavy atom. The number of rotatable bonds is 7. The topological polar surface area (TPSA) is 70.6 Å². The van der Waals surface area contributed by atoms with Gasteiger partial charge in [-0.1, -0.05) is 37.3 Å². The van der Waals surface area contributed by atoms with Gasteiger partial charge in [0.05, 0.1) is 18.1 Å². The van der Waals surface area contributed by atoms with Crippen molar-refractivity contribution in [2.75, 3.05) is 19.6 Å². The summed E-state index contributed by atoms with van der Waals surface area (Å²) in [5.41, 5.74) is 2.19. The van der Waals surface area contributed by atoms with Crippen LogP contribution in [0.3, 0.4) is 0 Å². The first-order valence-corrected chi connectivity index (χ1v) is 14.2. The Hall–Kier alpha value is -3.14. The number of pyridine rings is 1. The molecule has 0 saturated heterocycles. The first-order chi connectivity index (χ1) is 17.4. The van der Waals surface area contributed by atoms with E-state index in [2.05, 4.69) is 4.98 Å². The van der Waals surface area contributed by atoms with Crippen molar-refractivity contribution in [3.05, 3.63) is 94.1 Å². The van der Waals surface area contributed by atoms with Gasteiger partial charge in [-0.3, -0.25) is 9.78 Å². The van der Waals surface area contributed by atoms with Gasteiger partial charge < -0.3 is 4.90 Å². The monoisotopic (exact) mass is 523 g/mol. The molecule has 0 radical (unpaired) electrons. The van der Waals surface area contributed by atoms with Crippen LogP contribution in [-0.2, 0) is 21.2 Å². The number of para-hydroxylation sites is 1. The Kier molecular flexibility index (Phi) is 6.87. The van der Waals surface area contributed by atoms with Crippen molar-refractivity contribution in [2.45, 2.75) is 30.7 Å². The Labute approximate surface area is 214 Å². The first-order valence-electron chi connectivity index (χ1n) is 11.8. The van der Waals surface area contributed by atoms with Crippen LogP contribution in [0.4, 0.5) is 4.39 Å². The van der Waals surface area contributed by atoms with Gasteiger partial charge in [0.1, 0.15) is 10.7 Å². The van der Waals surface area contributed by atoms with Gasteiger partial charge in [-0.25, -0.2) is 12.8 Å². The van der Waals surface area contributed by atoms with E-state index >= 15 is 0 Å². The van der Waals surface area contributed by atoms with E-state index in [0.717, 1.165) is 16.5 Å². The molecule has 0 aliphatic carbocycles. The third-order valence-corrected chi connectivity index (χ3v) is 9.34. The van der Waals surface area contributed by atoms with E-state index in [4.69, 9.17) is 0 Å². The summed E-state index contributed by atoms with van der Waals surface area (Å²) in [4.78, 5) is 21.1. The lowest BCUT2D eigenvalue weighted by atomic mass is 9.93. The van der Waals surface area contributed by atoms with Gasteiger partial charge in [-0.05, 0) is 59.7 Å². The quantitative estimate of drug-likeness (QED) is 0.341. The zero-order valence-electron chi connectivity index (χ0n) is 19.8. The summed E-state index contributed by atoms with van der Waals surface area (Å²) < 4.78 is 42.5. The van der Waals surface area contributed by atoms with E-state index in [9.17, 15) is 17.6 Å². The molecular weight excluding hydrogens is 497 g/mol. The highest BCUT2D eigenvalue weighted by molar-refractivity contribution is 7.89. The number of benzene rings is 2. The number of hydrogen-bond donors (Lipinski definition) is 0. The molecule has 5 rings (SSSR count). The number of thiophene rings is 1. The van der Waals surface area contributed by atoms with E-state index in [1.165, 1.54) is 27.4 Å². The number of fused-ring (bicyclic) bond motifs is 2. The molecular formula is C27H26FN3O3S2. The summed E-state index contributed by atoms with van der Waals surface area (Å²) in [6.45, 7) is 2.27. The number of amides is 1. The third kappa shape index (κ3) is 4.54. The van der Waals surface area contributed by atoms with Crippen molar-refractivity contribution < 1.29 is 17.6 Å². The minimum Gasteiger partial charge on any atom is -0.330 e. The van der Waals surface area contributed by atoms with Crippen LogP contribution in [0, 0.1) is 5.82 Å². The molecule has 0 spiro atoms. The van der Waals surface area contributed by atoms with Crippen molar-refractivity contribution in [3.8, 4) is 0 Å². The normalized spacial score (nSPS) is 15.9. The predicted molar refractivity (Wildman–Crippen MR) is 139 cm³/mol. The highest BCUT2D eigenvalue weighted by atomic mass is 32.2. The second-order valence-corrected chi connectivity index (χ2v) is 11.7. The largest absolute Gasteiger partial charge is 0.330 e. The van der Waals surface area contributed by atoms with E-state index in [1.807, 2.05) is 30.5 Å². The smallest absolute Gasteiger partial charge is 0.245 e. The zero-order valence-corrected chi connectivity index (χ0v) is 21.4. The summed E-state index contributed by atoms with van der Waals surface area (Å²) in [5, 5.41) is 2.72. The molecule has 0 N–H and O–H groups in total. The van der Waals surface area contributed by atoms with Crippen LogP contribution in [0.25, 0.3) is 10.9 Å². The summed E-state index contributed by atoms with van der Waals surface area (Å²) in [6.07, 6.45) is 2.82. The number of nitrogens with zero attached hydrogens (tertiary/aromatic N) is 3. The summed E-state index contributed by atoms with van der Waals surface area (Å²) in [6, 6.07) is 16.4. The number of aromatic nitrogens is 1. The lowest BCUT2D eigenvalue weighted by Gasteiger charge is -2.37. The van der Waals surface area contributed by atoms with Gasteiger partial charge >= 0.3 is 0 Å². The molecule has 36 heavy (non-hydrogen) atoms. The molecule has 0 saturated carbocycles. The maximum Gasteiger partial charge on any atom is 0.245 e. The van der Waals surface area contributed by atoms with E-state index in [1.54, 1.807) is 46.7 Å². The summed E-state index contributed by atoms with van der Waals surface area (Å²) in [5.74, 6) is -0.631. The Balaban J connectivity index is 1.49. The van der Waals surface area contributed by atoms with Gasteiger partial charge in [0.25, 0.3) is 0 Å². The van der Waals surface area contributed by atoms with Crippen molar-refractivity contribution in [2.24, 2.45) is 0 Å². The van der Waals surface area contributed by atoms with Gasteiger partial charge in [0.15, 0.2) is 0 Å². The molecule has 1 unspecified atom stereocenters. The molecule has 9 heteroatoms. The average Bonchev–Trinajstić information content (AvgIpc) is 3.37. The van der Waals surface area contributed by atoms with Crippen LogP contribution in [-0.4, -0.2) is 48.1 Å². The number of hydrogen-bond acceptors (Lipinski definition) is 5. The van der Waals surface area contributed by atoms with Crippen LogP contribution in [0.5, 0.6) is 0 Å². The van der Waals surface area contributed by atoms with Crippen molar-refractivity contribution >= 4 is 38.2 Å². The standard InChI is InChI=1S/C27H26FN3O3S2/c1-2-15-30(36(33,34)24-7-3-5-19-6-4-14-29-26(19)24)18-25(32)31-16-12-23-22(13-17-35-23)27(31)20-8-10-21(28)11-9-20/h3-11,13-14,17,27H,2,12,15-16,18H2,1H3. The average molecular weight is 524 g/mol. The molecule has 0 bridgehead atoms. The Bertz CT molecular complexity index is 1500. The molecule has 3 heterocycles. The zero-order chi connectivity index (χ0) is 25.3. The molecule has 2 aromatic carbocycles. The van der Waals surface area contributed by atoms with Crippen molar-refractivity contribution in [3.63, 3.8) is 0 Å². The fourth-order valence-electron chi connectivity index (χ4n) is 4.79. The number of carbonyl (C=O) groups is 1. The van der Waals surface area contributed by atoms with Gasteiger partial charge in [0.2, 0.25) is 15.9 Å². The van der Waals surface area contributed by atoms with Crippen molar-refractivity contribution in [1.29, 1.82) is 0 Å². The molecule has 2 aromatic heterocycles. The molecule has 1 aliphatic rings. The lowest BCUT2D eigenvalue weighted by Crippen LogP contribution is -2.47. The summed E-state index contributed by atoms with van der Waals surface area (Å²) in [7, 11) is -3.99. The second-order valence-electron chi connectivity index (χ2n) is 8.76. The second kappa shape index (κ2) is 10.1. The number of halogens is 1. The predicted octanol–water partition coefficient (Wildman–Crippen LogP) is 5.01. The number of carbonyl (C=O) groups excluding carboxylic acids is 1. The fourth-order valence-corrected chi connectivity index (χ4v) is 7.34. The highest BCUT2D eigenvalue weighted by Gasteiger charge is 2.36. The van der Waals surface area contributed by atoms with Crippen LogP contribution < -0.4 is 0 Å². The SMILES string of the molecule is CCCN(CC(=O)N1CCc2sccc2C1c1ccc(F)cc1)S(=O)(=O)c1cccc2cccnc12. The van der Waals surface area contributed by atoms with Gasteiger partial charge in [-0.2, -0.15) is 4.31 Å². The molecule has 4 aromatic rings. The fraction of sp³-hybridized carbons (Fsp3) is 0.259. The maximum atomic E-state index is 13.8. The van der Waals surface area contributed by atoms with Crippen molar-refractivity contribution in [1.82, 2.24) is 14.2 Å². The minimum atomic E-state index is -3.99. The third-order valence-electron chi connectivity index (χ3n) is 6.47. The molecule has 0 fully saturated rings. The Morgan fingerprint density at radius 1 is 1.14 bits per heavy atom. The molecule has 6 nitrogen and oxygen atoms in total. The van der Waals surface area contributed by atoms with Crippen LogP contribution in [0.1, 0.15) is 35.4 Å². The lowest BCUT2D eigenvalue weighted by molar-refractivity contribution is -0.133. The highest BCUT2D eigenvalue weighted by Crippen LogP contribution is 2.38. The summed E-state index contributed by atoms with van der Waals surface area (Å²) >= 11 is 1.64. The maximum absolute atomic E-state index is 13.8. The Morgan fingerprint density at radius 3 is 2.69 bits per heavy atom. The molecule has 1 amide bonds. The van der Waals surface area contributed by atoms with E-state index in [-0.39, 0.29) is 29.7 Å². The minimum absolute atomic E-state index is 0.0932. The number of sulfonamides is 1. The van der Waals surface area contributed by atoms with Gasteiger partial charge in [-0.15, -0.1) is 11.3 Å². The molecule has 186 valence electrons. The van der Waals surface area contributed by atoms with Crippen LogP contribution in [0.15, 0.2) is 77.1 Å². The molecule has 1 aliphatic heterocycles. The van der Waals surface area contributed by atoms with E-state index in [0.29, 0.717) is 24.9 Å².